The lowest BCUT2D eigenvalue weighted by Crippen LogP contribution is -2.26. The second-order valence-electron chi connectivity index (χ2n) is 7.33. The summed E-state index contributed by atoms with van der Waals surface area (Å²) < 4.78 is 0. The Morgan fingerprint density at radius 2 is 2.00 bits per heavy atom. The lowest BCUT2D eigenvalue weighted by molar-refractivity contribution is 0.214. The van der Waals surface area contributed by atoms with Crippen molar-refractivity contribution in [3.05, 3.63) is 59.4 Å². The van der Waals surface area contributed by atoms with E-state index >= 15 is 0 Å². The molecular formula is C21H34N2. The molecule has 0 fully saturated rings. The number of hydrogen-bond donors (Lipinski definition) is 2. The molecule has 3 N–H and O–H groups in total. The summed E-state index contributed by atoms with van der Waals surface area (Å²) in [4.78, 5) is 0. The molecule has 0 bridgehead atoms. The van der Waals surface area contributed by atoms with Gasteiger partial charge in [-0.1, -0.05) is 57.2 Å². The molecule has 1 unspecified atom stereocenters. The SMILES string of the molecule is C=C/C=C(/C)CC(C)(C/C(=C\NN)C1=CCCC=C1C)C(C)C. The van der Waals surface area contributed by atoms with E-state index in [1.165, 1.54) is 22.3 Å². The minimum absolute atomic E-state index is 0.185. The van der Waals surface area contributed by atoms with Gasteiger partial charge in [0, 0.05) is 6.20 Å². The third kappa shape index (κ3) is 5.54. The maximum absolute atomic E-state index is 5.63. The smallest absolute Gasteiger partial charge is 0.0161 e. The number of hydrogen-bond acceptors (Lipinski definition) is 2. The van der Waals surface area contributed by atoms with Crippen LogP contribution in [0.25, 0.3) is 0 Å². The Labute approximate surface area is 142 Å². The van der Waals surface area contributed by atoms with E-state index in [0.717, 1.165) is 25.7 Å². The fraction of sp³-hybridized carbons (Fsp3) is 0.524. The van der Waals surface area contributed by atoms with Crippen molar-refractivity contribution in [2.75, 3.05) is 0 Å². The van der Waals surface area contributed by atoms with E-state index in [9.17, 15) is 0 Å². The van der Waals surface area contributed by atoms with Crippen LogP contribution in [0.15, 0.2) is 59.4 Å². The first-order valence-corrected chi connectivity index (χ1v) is 8.65. The largest absolute Gasteiger partial charge is 0.331 e. The van der Waals surface area contributed by atoms with E-state index in [2.05, 4.69) is 64.9 Å². The maximum Gasteiger partial charge on any atom is 0.0161 e. The third-order valence-electron chi connectivity index (χ3n) is 5.07. The molecule has 2 heteroatoms. The van der Waals surface area contributed by atoms with E-state index in [-0.39, 0.29) is 5.41 Å². The summed E-state index contributed by atoms with van der Waals surface area (Å²) in [5.41, 5.74) is 8.35. The second-order valence-corrected chi connectivity index (χ2v) is 7.33. The summed E-state index contributed by atoms with van der Waals surface area (Å²) in [6.07, 6.45) is 15.0. The molecule has 0 saturated carbocycles. The van der Waals surface area contributed by atoms with Gasteiger partial charge in [-0.2, -0.15) is 0 Å². The van der Waals surface area contributed by atoms with Crippen LogP contribution in [0.1, 0.15) is 60.3 Å². The zero-order valence-corrected chi connectivity index (χ0v) is 15.6. The zero-order chi connectivity index (χ0) is 17.5. The summed E-state index contributed by atoms with van der Waals surface area (Å²) >= 11 is 0. The lowest BCUT2D eigenvalue weighted by Gasteiger charge is -2.36. The lowest BCUT2D eigenvalue weighted by atomic mass is 9.69. The Kier molecular flexibility index (Phi) is 7.57. The van der Waals surface area contributed by atoms with Crippen LogP contribution in [0.5, 0.6) is 0 Å². The van der Waals surface area contributed by atoms with E-state index in [0.29, 0.717) is 5.92 Å². The molecule has 1 atom stereocenters. The molecule has 0 heterocycles. The first-order valence-electron chi connectivity index (χ1n) is 8.65. The number of hydrazine groups is 1. The van der Waals surface area contributed by atoms with Gasteiger partial charge in [-0.25, -0.2) is 0 Å². The van der Waals surface area contributed by atoms with E-state index in [4.69, 9.17) is 5.84 Å². The van der Waals surface area contributed by atoms with Gasteiger partial charge in [0.05, 0.1) is 0 Å². The Bertz CT molecular complexity index is 532. The average Bonchev–Trinajstić information content (AvgIpc) is 2.47. The van der Waals surface area contributed by atoms with Crippen molar-refractivity contribution in [2.45, 2.75) is 60.3 Å². The summed E-state index contributed by atoms with van der Waals surface area (Å²) in [7, 11) is 0. The molecule has 0 aromatic rings. The minimum Gasteiger partial charge on any atom is -0.331 e. The van der Waals surface area contributed by atoms with E-state index < -0.39 is 0 Å². The summed E-state index contributed by atoms with van der Waals surface area (Å²) in [5.74, 6) is 6.20. The predicted molar refractivity (Wildman–Crippen MR) is 103 cm³/mol. The topological polar surface area (TPSA) is 38.0 Å². The minimum atomic E-state index is 0.185. The maximum atomic E-state index is 5.63. The van der Waals surface area contributed by atoms with Crippen molar-refractivity contribution in [2.24, 2.45) is 17.2 Å². The van der Waals surface area contributed by atoms with Crippen molar-refractivity contribution in [1.82, 2.24) is 5.43 Å². The van der Waals surface area contributed by atoms with Gasteiger partial charge in [0.15, 0.2) is 0 Å². The van der Waals surface area contributed by atoms with Crippen LogP contribution < -0.4 is 11.3 Å². The zero-order valence-electron chi connectivity index (χ0n) is 15.6. The van der Waals surface area contributed by atoms with Crippen molar-refractivity contribution < 1.29 is 0 Å². The van der Waals surface area contributed by atoms with Gasteiger partial charge >= 0.3 is 0 Å². The van der Waals surface area contributed by atoms with Crippen LogP contribution in [-0.2, 0) is 0 Å². The van der Waals surface area contributed by atoms with Crippen molar-refractivity contribution >= 4 is 0 Å². The van der Waals surface area contributed by atoms with Gasteiger partial charge in [0.1, 0.15) is 0 Å². The summed E-state index contributed by atoms with van der Waals surface area (Å²) in [6.45, 7) is 15.2. The normalized spacial score (nSPS) is 19.1. The van der Waals surface area contributed by atoms with Crippen molar-refractivity contribution in [3.63, 3.8) is 0 Å². The predicted octanol–water partition coefficient (Wildman–Crippen LogP) is 5.57. The number of nitrogens with one attached hydrogen (secondary N) is 1. The standard InChI is InChI=1S/C21H34N2/c1-7-10-17(4)13-21(6,16(2)3)14-19(15-23-22)20-12-9-8-11-18(20)5/h7,10-12,15-16,23H,1,8-9,13-14,22H2,2-6H3/b17-10-,19-15+. The highest BCUT2D eigenvalue weighted by Gasteiger charge is 2.30. The monoisotopic (exact) mass is 314 g/mol. The summed E-state index contributed by atoms with van der Waals surface area (Å²) in [5, 5.41) is 0. The number of nitrogens with two attached hydrogens (primary N) is 1. The molecule has 1 rings (SSSR count). The number of rotatable bonds is 8. The Morgan fingerprint density at radius 3 is 2.52 bits per heavy atom. The second kappa shape index (κ2) is 8.93. The molecule has 0 spiro atoms. The Hall–Kier alpha value is -1.54. The van der Waals surface area contributed by atoms with Gasteiger partial charge in [-0.05, 0) is 67.6 Å². The Morgan fingerprint density at radius 1 is 1.35 bits per heavy atom. The van der Waals surface area contributed by atoms with Gasteiger partial charge in [0.2, 0.25) is 0 Å². The Balaban J connectivity index is 3.10. The van der Waals surface area contributed by atoms with Gasteiger partial charge < -0.3 is 5.43 Å². The van der Waals surface area contributed by atoms with Crippen molar-refractivity contribution in [3.8, 4) is 0 Å². The van der Waals surface area contributed by atoms with Crippen LogP contribution in [-0.4, -0.2) is 0 Å². The molecule has 0 aliphatic heterocycles. The van der Waals surface area contributed by atoms with Crippen LogP contribution in [0.3, 0.4) is 0 Å². The summed E-state index contributed by atoms with van der Waals surface area (Å²) in [6, 6.07) is 0. The molecule has 0 saturated heterocycles. The highest BCUT2D eigenvalue weighted by molar-refractivity contribution is 5.47. The van der Waals surface area contributed by atoms with Crippen molar-refractivity contribution in [1.29, 1.82) is 0 Å². The molecule has 1 aliphatic carbocycles. The quantitative estimate of drug-likeness (QED) is 0.349. The van der Waals surface area contributed by atoms with Gasteiger partial charge in [-0.15, -0.1) is 0 Å². The first kappa shape index (κ1) is 19.5. The van der Waals surface area contributed by atoms with Crippen LogP contribution >= 0.6 is 0 Å². The van der Waals surface area contributed by atoms with Gasteiger partial charge in [0.25, 0.3) is 0 Å². The molecule has 0 aromatic heterocycles. The molecular weight excluding hydrogens is 280 g/mol. The average molecular weight is 315 g/mol. The highest BCUT2D eigenvalue weighted by Crippen LogP contribution is 2.42. The highest BCUT2D eigenvalue weighted by atomic mass is 15.2. The molecule has 1 aliphatic rings. The van der Waals surface area contributed by atoms with Crippen LogP contribution in [0.2, 0.25) is 0 Å². The van der Waals surface area contributed by atoms with E-state index in [1.807, 2.05) is 12.3 Å². The third-order valence-corrected chi connectivity index (χ3v) is 5.07. The van der Waals surface area contributed by atoms with Gasteiger partial charge in [-0.3, -0.25) is 5.84 Å². The fourth-order valence-corrected chi connectivity index (χ4v) is 3.31. The van der Waals surface area contributed by atoms with E-state index in [1.54, 1.807) is 0 Å². The first-order chi connectivity index (χ1) is 10.8. The molecule has 23 heavy (non-hydrogen) atoms. The molecule has 0 radical (unpaired) electrons. The molecule has 0 aromatic carbocycles. The number of allylic oxidation sites excluding steroid dienone is 8. The molecule has 2 nitrogen and oxygen atoms in total. The molecule has 0 amide bonds. The van der Waals surface area contributed by atoms with Crippen LogP contribution in [0, 0.1) is 11.3 Å². The fourth-order valence-electron chi connectivity index (χ4n) is 3.31. The molecule has 128 valence electrons. The van der Waals surface area contributed by atoms with Crippen LogP contribution in [0.4, 0.5) is 0 Å².